The van der Waals surface area contributed by atoms with Gasteiger partial charge in [-0.2, -0.15) is 0 Å². The lowest BCUT2D eigenvalue weighted by Gasteiger charge is -2.21. The molecule has 0 aliphatic carbocycles. The third-order valence-corrected chi connectivity index (χ3v) is 1.31. The Kier molecular flexibility index (Phi) is 3.47. The van der Waals surface area contributed by atoms with E-state index in [1.165, 1.54) is 6.21 Å². The minimum atomic E-state index is 0.247. The number of hydrogen-bond donors (Lipinski definition) is 2. The number of rotatable bonds is 4. The van der Waals surface area contributed by atoms with Gasteiger partial charge in [-0.05, 0) is 25.1 Å². The normalized spacial score (nSPS) is 11.4. The fourth-order valence-corrected chi connectivity index (χ4v) is 0.827. The van der Waals surface area contributed by atoms with Crippen LogP contribution in [-0.4, -0.2) is 19.8 Å². The fourth-order valence-electron chi connectivity index (χ4n) is 0.827. The second-order valence-corrected chi connectivity index (χ2v) is 3.10. The van der Waals surface area contributed by atoms with Gasteiger partial charge < -0.3 is 10.7 Å². The highest BCUT2D eigenvalue weighted by atomic mass is 14.8. The van der Waals surface area contributed by atoms with Crippen LogP contribution in [-0.2, 0) is 0 Å². The Hall–Kier alpha value is -0.370. The molecule has 0 aromatic heterocycles. The van der Waals surface area contributed by atoms with Crippen molar-refractivity contribution in [1.29, 1.82) is 5.41 Å². The Bertz CT molecular complexity index is 86.9. The topological polar surface area (TPSA) is 35.9 Å². The molecule has 0 atom stereocenters. The summed E-state index contributed by atoms with van der Waals surface area (Å²) in [5.74, 6) is 0. The largest absolute Gasteiger partial charge is 0.319 e. The molecule has 9 heavy (non-hydrogen) atoms. The van der Waals surface area contributed by atoms with E-state index in [0.717, 1.165) is 13.0 Å². The molecule has 0 heterocycles. The first-order valence-electron chi connectivity index (χ1n) is 3.26. The zero-order valence-electron chi connectivity index (χ0n) is 6.49. The van der Waals surface area contributed by atoms with Crippen molar-refractivity contribution >= 4 is 6.21 Å². The third-order valence-electron chi connectivity index (χ3n) is 1.31. The van der Waals surface area contributed by atoms with Gasteiger partial charge in [0, 0.05) is 6.54 Å². The van der Waals surface area contributed by atoms with E-state index in [1.54, 1.807) is 0 Å². The molecule has 0 amide bonds. The molecule has 0 radical (unpaired) electrons. The van der Waals surface area contributed by atoms with Crippen LogP contribution in [0.1, 0.15) is 20.3 Å². The second-order valence-electron chi connectivity index (χ2n) is 3.10. The molecule has 0 aromatic carbocycles. The maximum Gasteiger partial charge on any atom is 0.000304 e. The van der Waals surface area contributed by atoms with Gasteiger partial charge in [-0.25, -0.2) is 0 Å². The van der Waals surface area contributed by atoms with Crippen LogP contribution in [0.15, 0.2) is 0 Å². The summed E-state index contributed by atoms with van der Waals surface area (Å²) < 4.78 is 0. The van der Waals surface area contributed by atoms with E-state index in [1.807, 2.05) is 7.05 Å². The van der Waals surface area contributed by atoms with Crippen LogP contribution in [0, 0.1) is 10.8 Å². The first-order valence-corrected chi connectivity index (χ1v) is 3.26. The smallest absolute Gasteiger partial charge is 0.000304 e. The standard InChI is InChI=1S/C7H16N2/c1-7(2,4-5-8)6-9-3/h5,8-9H,4,6H2,1-3H3. The molecule has 0 aromatic rings. The summed E-state index contributed by atoms with van der Waals surface area (Å²) in [6.45, 7) is 5.27. The number of nitrogens with one attached hydrogen (secondary N) is 2. The number of hydrogen-bond acceptors (Lipinski definition) is 2. The van der Waals surface area contributed by atoms with Gasteiger partial charge in [0.05, 0.1) is 0 Å². The van der Waals surface area contributed by atoms with E-state index in [2.05, 4.69) is 19.2 Å². The molecule has 0 aliphatic rings. The Balaban J connectivity index is 3.55. The van der Waals surface area contributed by atoms with Crippen molar-refractivity contribution in [3.63, 3.8) is 0 Å². The highest BCUT2D eigenvalue weighted by molar-refractivity contribution is 5.53. The summed E-state index contributed by atoms with van der Waals surface area (Å²) in [4.78, 5) is 0. The quantitative estimate of drug-likeness (QED) is 0.549. The molecule has 2 heteroatoms. The van der Waals surface area contributed by atoms with Gasteiger partial charge in [-0.1, -0.05) is 13.8 Å². The minimum Gasteiger partial charge on any atom is -0.319 e. The summed E-state index contributed by atoms with van der Waals surface area (Å²) in [7, 11) is 1.94. The second kappa shape index (κ2) is 3.62. The van der Waals surface area contributed by atoms with Crippen molar-refractivity contribution in [2.45, 2.75) is 20.3 Å². The SMILES string of the molecule is CNCC(C)(C)CC=N. The van der Waals surface area contributed by atoms with Gasteiger partial charge >= 0.3 is 0 Å². The van der Waals surface area contributed by atoms with Gasteiger partial charge in [0.25, 0.3) is 0 Å². The maximum absolute atomic E-state index is 6.88. The Labute approximate surface area is 57.2 Å². The van der Waals surface area contributed by atoms with Crippen molar-refractivity contribution < 1.29 is 0 Å². The molecule has 2 N–H and O–H groups in total. The molecule has 0 saturated carbocycles. The van der Waals surface area contributed by atoms with Gasteiger partial charge in [0.2, 0.25) is 0 Å². The highest BCUT2D eigenvalue weighted by Gasteiger charge is 2.13. The van der Waals surface area contributed by atoms with Crippen LogP contribution in [0.5, 0.6) is 0 Å². The zero-order chi connectivity index (χ0) is 7.33. The van der Waals surface area contributed by atoms with E-state index < -0.39 is 0 Å². The van der Waals surface area contributed by atoms with E-state index in [9.17, 15) is 0 Å². The molecular weight excluding hydrogens is 112 g/mol. The van der Waals surface area contributed by atoms with Crippen LogP contribution in [0.2, 0.25) is 0 Å². The molecule has 0 spiro atoms. The summed E-state index contributed by atoms with van der Waals surface area (Å²) in [5.41, 5.74) is 0.247. The lowest BCUT2D eigenvalue weighted by Crippen LogP contribution is -2.26. The van der Waals surface area contributed by atoms with Gasteiger partial charge in [0.1, 0.15) is 0 Å². The highest BCUT2D eigenvalue weighted by Crippen LogP contribution is 2.16. The summed E-state index contributed by atoms with van der Waals surface area (Å²) in [6.07, 6.45) is 2.32. The third kappa shape index (κ3) is 4.15. The van der Waals surface area contributed by atoms with Crippen LogP contribution < -0.4 is 5.32 Å². The molecular formula is C7H16N2. The first-order chi connectivity index (χ1) is 4.12. The average molecular weight is 128 g/mol. The van der Waals surface area contributed by atoms with E-state index in [0.29, 0.717) is 0 Å². The first kappa shape index (κ1) is 8.63. The molecule has 0 fully saturated rings. The van der Waals surface area contributed by atoms with Gasteiger partial charge in [0.15, 0.2) is 0 Å². The van der Waals surface area contributed by atoms with E-state index in [4.69, 9.17) is 5.41 Å². The van der Waals surface area contributed by atoms with Crippen LogP contribution in [0.25, 0.3) is 0 Å². The Morgan fingerprint density at radius 1 is 1.56 bits per heavy atom. The zero-order valence-corrected chi connectivity index (χ0v) is 6.49. The molecule has 2 nitrogen and oxygen atoms in total. The lowest BCUT2D eigenvalue weighted by molar-refractivity contribution is 0.370. The minimum absolute atomic E-state index is 0.247. The fraction of sp³-hybridized carbons (Fsp3) is 0.857. The van der Waals surface area contributed by atoms with Gasteiger partial charge in [-0.3, -0.25) is 0 Å². The maximum atomic E-state index is 6.88. The predicted octanol–water partition coefficient (Wildman–Crippen LogP) is 1.27. The molecule has 0 unspecified atom stereocenters. The molecule has 0 bridgehead atoms. The van der Waals surface area contributed by atoms with E-state index >= 15 is 0 Å². The van der Waals surface area contributed by atoms with Crippen LogP contribution in [0.3, 0.4) is 0 Å². The molecule has 0 rings (SSSR count). The predicted molar refractivity (Wildman–Crippen MR) is 41.1 cm³/mol. The molecule has 54 valence electrons. The Morgan fingerprint density at radius 3 is 2.44 bits per heavy atom. The Morgan fingerprint density at radius 2 is 2.11 bits per heavy atom. The summed E-state index contributed by atoms with van der Waals surface area (Å²) in [6, 6.07) is 0. The van der Waals surface area contributed by atoms with Crippen LogP contribution >= 0.6 is 0 Å². The molecule has 0 saturated heterocycles. The van der Waals surface area contributed by atoms with Crippen molar-refractivity contribution in [3.8, 4) is 0 Å². The van der Waals surface area contributed by atoms with Crippen molar-refractivity contribution in [2.24, 2.45) is 5.41 Å². The van der Waals surface area contributed by atoms with E-state index in [-0.39, 0.29) is 5.41 Å². The van der Waals surface area contributed by atoms with Crippen molar-refractivity contribution in [1.82, 2.24) is 5.32 Å². The lowest BCUT2D eigenvalue weighted by atomic mass is 9.90. The van der Waals surface area contributed by atoms with Gasteiger partial charge in [-0.15, -0.1) is 0 Å². The van der Waals surface area contributed by atoms with Crippen LogP contribution in [0.4, 0.5) is 0 Å². The summed E-state index contributed by atoms with van der Waals surface area (Å²) in [5, 5.41) is 9.97. The van der Waals surface area contributed by atoms with Crippen molar-refractivity contribution in [2.75, 3.05) is 13.6 Å². The average Bonchev–Trinajstić information content (AvgIpc) is 1.64. The molecule has 0 aliphatic heterocycles. The summed E-state index contributed by atoms with van der Waals surface area (Å²) >= 11 is 0. The van der Waals surface area contributed by atoms with Crippen molar-refractivity contribution in [3.05, 3.63) is 0 Å². The monoisotopic (exact) mass is 128 g/mol.